The number of hydrogen-bond acceptors (Lipinski definition) is 5. The van der Waals surface area contributed by atoms with Gasteiger partial charge < -0.3 is 32.0 Å². The summed E-state index contributed by atoms with van der Waals surface area (Å²) in [6, 6.07) is 0. The molecule has 3 aliphatic heterocycles. The second-order valence-electron chi connectivity index (χ2n) is 5.79. The lowest BCUT2D eigenvalue weighted by atomic mass is 9.79. The van der Waals surface area contributed by atoms with Crippen LogP contribution in [0.3, 0.4) is 0 Å². The van der Waals surface area contributed by atoms with Gasteiger partial charge in [-0.15, -0.1) is 0 Å². The number of ether oxygens (including phenoxy) is 1. The van der Waals surface area contributed by atoms with Crippen molar-refractivity contribution in [2.45, 2.75) is 25.0 Å². The standard InChI is InChI=1S/C13H20N2O3S/c1-14-4-6-15(7-5-14)12(16)10-8-2-3-9(18-8)11(10)13(17)19/h8-11H,2-7H2,1H3,(H,17,19)/p-1/t8-,9+,10?,11?/m1/s1. The molecule has 0 aromatic rings. The second kappa shape index (κ2) is 5.00. The number of likely N-dealkylation sites (N-methyl/N-ethyl adjacent to an activating group) is 1. The van der Waals surface area contributed by atoms with Gasteiger partial charge in [0.2, 0.25) is 5.91 Å². The van der Waals surface area contributed by atoms with Crippen LogP contribution in [0.15, 0.2) is 0 Å². The highest BCUT2D eigenvalue weighted by atomic mass is 32.1. The first kappa shape index (κ1) is 13.3. The molecule has 0 radical (unpaired) electrons. The van der Waals surface area contributed by atoms with Crippen LogP contribution in [0.25, 0.3) is 0 Å². The smallest absolute Gasteiger partial charge is 0.229 e. The van der Waals surface area contributed by atoms with E-state index in [0.717, 1.165) is 39.0 Å². The second-order valence-corrected chi connectivity index (χ2v) is 6.19. The van der Waals surface area contributed by atoms with Crippen LogP contribution in [0.1, 0.15) is 12.8 Å². The fourth-order valence-corrected chi connectivity index (χ4v) is 3.83. The van der Waals surface area contributed by atoms with Gasteiger partial charge in [0.25, 0.3) is 0 Å². The van der Waals surface area contributed by atoms with Gasteiger partial charge in [-0.1, -0.05) is 0 Å². The van der Waals surface area contributed by atoms with Gasteiger partial charge in [0.1, 0.15) is 0 Å². The molecule has 3 saturated heterocycles. The minimum Gasteiger partial charge on any atom is -0.742 e. The van der Waals surface area contributed by atoms with E-state index in [1.54, 1.807) is 0 Å². The maximum absolute atomic E-state index is 12.6. The Balaban J connectivity index is 1.73. The summed E-state index contributed by atoms with van der Waals surface area (Å²) < 4.78 is 5.75. The van der Waals surface area contributed by atoms with E-state index in [-0.39, 0.29) is 35.1 Å². The Morgan fingerprint density at radius 3 is 2.21 bits per heavy atom. The first-order valence-corrected chi connectivity index (χ1v) is 7.32. The highest BCUT2D eigenvalue weighted by Crippen LogP contribution is 2.44. The third-order valence-corrected chi connectivity index (χ3v) is 4.92. The largest absolute Gasteiger partial charge is 0.742 e. The zero-order valence-electron chi connectivity index (χ0n) is 11.1. The van der Waals surface area contributed by atoms with Gasteiger partial charge in [-0.05, 0) is 19.9 Å². The van der Waals surface area contributed by atoms with Crippen molar-refractivity contribution in [2.24, 2.45) is 11.8 Å². The van der Waals surface area contributed by atoms with Crippen LogP contribution in [0.2, 0.25) is 0 Å². The summed E-state index contributed by atoms with van der Waals surface area (Å²) in [6.07, 6.45) is 1.54. The summed E-state index contributed by atoms with van der Waals surface area (Å²) >= 11 is 4.82. The number of fused-ring (bicyclic) bond motifs is 2. The minimum atomic E-state index is -0.388. The number of carbonyl (C=O) groups excluding carboxylic acids is 2. The van der Waals surface area contributed by atoms with Crippen LogP contribution < -0.4 is 0 Å². The van der Waals surface area contributed by atoms with E-state index >= 15 is 0 Å². The van der Waals surface area contributed by atoms with Crippen LogP contribution in [-0.4, -0.2) is 66.3 Å². The summed E-state index contributed by atoms with van der Waals surface area (Å²) in [5, 5.41) is -0.306. The molecule has 1 amide bonds. The van der Waals surface area contributed by atoms with E-state index in [2.05, 4.69) is 11.9 Å². The predicted molar refractivity (Wildman–Crippen MR) is 71.3 cm³/mol. The van der Waals surface area contributed by atoms with Crippen molar-refractivity contribution >= 4 is 23.7 Å². The molecule has 19 heavy (non-hydrogen) atoms. The van der Waals surface area contributed by atoms with Gasteiger partial charge in [0.15, 0.2) is 0 Å². The number of hydrogen-bond donors (Lipinski definition) is 0. The summed E-state index contributed by atoms with van der Waals surface area (Å²) in [6.45, 7) is 3.25. The molecule has 0 aromatic carbocycles. The van der Waals surface area contributed by atoms with E-state index in [0.29, 0.717) is 0 Å². The monoisotopic (exact) mass is 283 g/mol. The number of carbonyl (C=O) groups is 2. The molecular weight excluding hydrogens is 264 g/mol. The van der Waals surface area contributed by atoms with Gasteiger partial charge in [-0.3, -0.25) is 4.79 Å². The Morgan fingerprint density at radius 2 is 1.63 bits per heavy atom. The van der Waals surface area contributed by atoms with Gasteiger partial charge in [-0.25, -0.2) is 0 Å². The Hall–Kier alpha value is -0.720. The number of amides is 1. The zero-order chi connectivity index (χ0) is 13.6. The fourth-order valence-electron chi connectivity index (χ4n) is 3.53. The molecule has 106 valence electrons. The zero-order valence-corrected chi connectivity index (χ0v) is 11.9. The Kier molecular flexibility index (Phi) is 3.49. The molecule has 0 saturated carbocycles. The Bertz CT molecular complexity index is 395. The molecule has 0 aliphatic carbocycles. The molecule has 3 heterocycles. The van der Waals surface area contributed by atoms with Crippen molar-refractivity contribution in [3.05, 3.63) is 0 Å². The average Bonchev–Trinajstić information content (AvgIpc) is 2.98. The van der Waals surface area contributed by atoms with Crippen molar-refractivity contribution in [3.63, 3.8) is 0 Å². The predicted octanol–water partition coefficient (Wildman–Crippen LogP) is -0.372. The van der Waals surface area contributed by atoms with Crippen LogP contribution in [0, 0.1) is 11.8 Å². The van der Waals surface area contributed by atoms with E-state index in [1.807, 2.05) is 4.90 Å². The Morgan fingerprint density at radius 1 is 1.05 bits per heavy atom. The van der Waals surface area contributed by atoms with Crippen molar-refractivity contribution in [1.29, 1.82) is 0 Å². The Labute approximate surface area is 118 Å². The molecule has 5 nitrogen and oxygen atoms in total. The maximum Gasteiger partial charge on any atom is 0.229 e. The lowest BCUT2D eigenvalue weighted by Gasteiger charge is -2.37. The molecular formula is C13H19N2O3S-. The normalized spacial score (nSPS) is 38.7. The van der Waals surface area contributed by atoms with E-state index < -0.39 is 0 Å². The third kappa shape index (κ3) is 2.26. The van der Waals surface area contributed by atoms with Crippen molar-refractivity contribution in [3.8, 4) is 0 Å². The molecule has 2 bridgehead atoms. The van der Waals surface area contributed by atoms with Gasteiger partial charge in [0, 0.05) is 37.2 Å². The molecule has 6 heteroatoms. The minimum absolute atomic E-state index is 0.0727. The molecule has 3 aliphatic rings. The van der Waals surface area contributed by atoms with E-state index in [9.17, 15) is 9.59 Å². The first-order valence-electron chi connectivity index (χ1n) is 6.91. The topological polar surface area (TPSA) is 49.9 Å². The number of piperazine rings is 1. The highest BCUT2D eigenvalue weighted by Gasteiger charge is 2.53. The van der Waals surface area contributed by atoms with Crippen LogP contribution in [-0.2, 0) is 27.0 Å². The number of nitrogens with zero attached hydrogens (tertiary/aromatic N) is 2. The fraction of sp³-hybridized carbons (Fsp3) is 0.846. The van der Waals surface area contributed by atoms with Crippen LogP contribution in [0.4, 0.5) is 0 Å². The quantitative estimate of drug-likeness (QED) is 0.647. The molecule has 0 aromatic heterocycles. The van der Waals surface area contributed by atoms with E-state index in [4.69, 9.17) is 17.4 Å². The van der Waals surface area contributed by atoms with Crippen molar-refractivity contribution in [1.82, 2.24) is 9.80 Å². The SMILES string of the molecule is CN1CCN(C(=O)C2C(C(=O)[S-])[C@@H]3CC[C@H]2O3)CC1. The third-order valence-electron chi connectivity index (χ3n) is 4.65. The maximum atomic E-state index is 12.6. The summed E-state index contributed by atoms with van der Waals surface area (Å²) in [5.74, 6) is -0.642. The molecule has 4 atom stereocenters. The number of rotatable bonds is 2. The molecule has 0 N–H and O–H groups in total. The van der Waals surface area contributed by atoms with Crippen molar-refractivity contribution < 1.29 is 14.3 Å². The van der Waals surface area contributed by atoms with Gasteiger partial charge >= 0.3 is 0 Å². The lowest BCUT2D eigenvalue weighted by Crippen LogP contribution is -2.52. The summed E-state index contributed by atoms with van der Waals surface area (Å²) in [4.78, 5) is 28.4. The van der Waals surface area contributed by atoms with Gasteiger partial charge in [0.05, 0.1) is 18.1 Å². The lowest BCUT2D eigenvalue weighted by molar-refractivity contribution is -0.141. The van der Waals surface area contributed by atoms with Crippen LogP contribution >= 0.6 is 0 Å². The molecule has 3 fully saturated rings. The van der Waals surface area contributed by atoms with E-state index in [1.165, 1.54) is 0 Å². The first-order chi connectivity index (χ1) is 9.08. The summed E-state index contributed by atoms with van der Waals surface area (Å²) in [7, 11) is 2.05. The van der Waals surface area contributed by atoms with Crippen molar-refractivity contribution in [2.75, 3.05) is 33.2 Å². The highest BCUT2D eigenvalue weighted by molar-refractivity contribution is 7.77. The van der Waals surface area contributed by atoms with Crippen LogP contribution in [0.5, 0.6) is 0 Å². The molecule has 2 unspecified atom stereocenters. The average molecular weight is 283 g/mol. The molecule has 3 rings (SSSR count). The van der Waals surface area contributed by atoms with Gasteiger partial charge in [-0.2, -0.15) is 0 Å². The molecule has 0 spiro atoms. The summed E-state index contributed by atoms with van der Waals surface area (Å²) in [5.41, 5.74) is 0.